The van der Waals surface area contributed by atoms with Crippen LogP contribution in [0.1, 0.15) is 5.56 Å². The van der Waals surface area contributed by atoms with Crippen molar-refractivity contribution in [1.82, 2.24) is 24.1 Å². The Hall–Kier alpha value is -3.06. The molecule has 36 heavy (non-hydrogen) atoms. The third kappa shape index (κ3) is 5.07. The maximum atomic E-state index is 12.9. The van der Waals surface area contributed by atoms with Crippen molar-refractivity contribution in [2.45, 2.75) is 25.4 Å². The fraction of sp³-hybridized carbons (Fsp3) is 0.238. The number of fused-ring (bicyclic) bond motifs is 1. The Morgan fingerprint density at radius 1 is 1.17 bits per heavy atom. The van der Waals surface area contributed by atoms with Crippen LogP contribution < -0.4 is 16.0 Å². The van der Waals surface area contributed by atoms with E-state index in [2.05, 4.69) is 9.97 Å². The van der Waals surface area contributed by atoms with Crippen LogP contribution in [-0.4, -0.2) is 41.5 Å². The van der Waals surface area contributed by atoms with Gasteiger partial charge >= 0.3 is 11.9 Å². The van der Waals surface area contributed by atoms with Gasteiger partial charge in [0, 0.05) is 34.4 Å². The molecular weight excluding hydrogens is 550 g/mol. The molecule has 2 N–H and O–H groups in total. The highest BCUT2D eigenvalue weighted by molar-refractivity contribution is 6.35. The predicted molar refractivity (Wildman–Crippen MR) is 127 cm³/mol. The first-order chi connectivity index (χ1) is 16.9. The number of aromatic amines is 1. The number of benzene rings is 1. The monoisotopic (exact) mass is 563 g/mol. The highest BCUT2D eigenvalue weighted by Gasteiger charge is 2.39. The maximum Gasteiger partial charge on any atom is 0.416 e. The second kappa shape index (κ2) is 9.77. The standard InChI is InChI=1S/C21H15Cl3F3N5O4/c1-31-15-17(32(20(35)30-18(15)34)7-14(33)21(25,26)27)29-16(31)10-4-13(24)19(28-6-10)36-8-9-2-3-11(22)5-12(9)23/h2-6,14,33H,7-8H2,1H3,(H,30,34,35). The van der Waals surface area contributed by atoms with Gasteiger partial charge in [-0.1, -0.05) is 40.9 Å². The number of pyridine rings is 1. The van der Waals surface area contributed by atoms with Gasteiger partial charge < -0.3 is 14.4 Å². The van der Waals surface area contributed by atoms with Gasteiger partial charge in [-0.25, -0.2) is 14.8 Å². The summed E-state index contributed by atoms with van der Waals surface area (Å²) in [6, 6.07) is 6.31. The number of nitrogens with one attached hydrogen (secondary N) is 1. The minimum absolute atomic E-state index is 0.0392. The van der Waals surface area contributed by atoms with Gasteiger partial charge in [0.25, 0.3) is 5.56 Å². The number of aryl methyl sites for hydroxylation is 1. The Morgan fingerprint density at radius 3 is 2.53 bits per heavy atom. The van der Waals surface area contributed by atoms with Crippen molar-refractivity contribution in [3.05, 3.63) is 71.9 Å². The lowest BCUT2D eigenvalue weighted by Gasteiger charge is -2.15. The van der Waals surface area contributed by atoms with Crippen LogP contribution in [-0.2, 0) is 20.2 Å². The molecule has 0 saturated heterocycles. The van der Waals surface area contributed by atoms with Crippen LogP contribution in [0, 0.1) is 0 Å². The number of hydrogen-bond donors (Lipinski definition) is 2. The lowest BCUT2D eigenvalue weighted by atomic mass is 10.2. The molecule has 0 aliphatic rings. The number of rotatable bonds is 6. The van der Waals surface area contributed by atoms with Crippen LogP contribution in [0.15, 0.2) is 40.1 Å². The Bertz CT molecular complexity index is 1580. The molecule has 0 aliphatic heterocycles. The number of alkyl halides is 3. The van der Waals surface area contributed by atoms with Gasteiger partial charge in [-0.05, 0) is 18.2 Å². The fourth-order valence-corrected chi connectivity index (χ4v) is 4.07. The molecule has 0 fully saturated rings. The molecule has 0 spiro atoms. The number of aliphatic hydroxyl groups is 1. The lowest BCUT2D eigenvalue weighted by molar-refractivity contribution is -0.207. The van der Waals surface area contributed by atoms with E-state index in [-0.39, 0.29) is 40.1 Å². The zero-order valence-electron chi connectivity index (χ0n) is 18.1. The van der Waals surface area contributed by atoms with E-state index in [1.807, 2.05) is 4.98 Å². The number of halogens is 6. The second-order valence-corrected chi connectivity index (χ2v) is 8.88. The molecule has 4 rings (SSSR count). The molecule has 0 aliphatic carbocycles. The second-order valence-electron chi connectivity index (χ2n) is 7.63. The van der Waals surface area contributed by atoms with E-state index < -0.39 is 30.1 Å². The summed E-state index contributed by atoms with van der Waals surface area (Å²) in [5, 5.41) is 10.4. The van der Waals surface area contributed by atoms with Crippen molar-refractivity contribution >= 4 is 46.0 Å². The zero-order chi connectivity index (χ0) is 26.4. The molecule has 15 heteroatoms. The van der Waals surface area contributed by atoms with E-state index in [1.165, 1.54) is 23.9 Å². The number of aliphatic hydroxyl groups excluding tert-OH is 1. The largest absolute Gasteiger partial charge is 0.472 e. The Morgan fingerprint density at radius 2 is 1.89 bits per heavy atom. The Balaban J connectivity index is 1.70. The summed E-state index contributed by atoms with van der Waals surface area (Å²) in [5.41, 5.74) is -1.64. The van der Waals surface area contributed by atoms with E-state index >= 15 is 0 Å². The molecule has 1 atom stereocenters. The number of ether oxygens (including phenoxy) is 1. The quantitative estimate of drug-likeness (QED) is 0.367. The maximum absolute atomic E-state index is 12.9. The molecule has 0 amide bonds. The van der Waals surface area contributed by atoms with Gasteiger partial charge in [-0.2, -0.15) is 13.2 Å². The molecule has 1 unspecified atom stereocenters. The summed E-state index contributed by atoms with van der Waals surface area (Å²) < 4.78 is 46.1. The van der Waals surface area contributed by atoms with Crippen LogP contribution in [0.4, 0.5) is 13.2 Å². The van der Waals surface area contributed by atoms with E-state index in [9.17, 15) is 27.9 Å². The molecule has 1 aromatic carbocycles. The number of H-pyrrole nitrogens is 1. The lowest BCUT2D eigenvalue weighted by Crippen LogP contribution is -2.39. The van der Waals surface area contributed by atoms with Gasteiger partial charge in [0.1, 0.15) is 17.5 Å². The third-order valence-electron chi connectivity index (χ3n) is 5.19. The van der Waals surface area contributed by atoms with E-state index in [0.717, 1.165) is 0 Å². The number of hydrogen-bond acceptors (Lipinski definition) is 6. The molecule has 3 aromatic heterocycles. The van der Waals surface area contributed by atoms with Gasteiger partial charge in [-0.3, -0.25) is 14.3 Å². The van der Waals surface area contributed by atoms with E-state index in [4.69, 9.17) is 39.5 Å². The summed E-state index contributed by atoms with van der Waals surface area (Å²) in [6.07, 6.45) is -6.51. The van der Waals surface area contributed by atoms with Gasteiger partial charge in [0.2, 0.25) is 5.88 Å². The summed E-state index contributed by atoms with van der Waals surface area (Å²) in [4.78, 5) is 34.9. The average molecular weight is 565 g/mol. The molecule has 190 valence electrons. The van der Waals surface area contributed by atoms with Crippen molar-refractivity contribution in [3.63, 3.8) is 0 Å². The first-order valence-electron chi connectivity index (χ1n) is 10.0. The normalized spacial score (nSPS) is 12.8. The van der Waals surface area contributed by atoms with E-state index in [1.54, 1.807) is 18.2 Å². The Labute approximate surface area is 214 Å². The van der Waals surface area contributed by atoms with Gasteiger partial charge in [0.15, 0.2) is 17.3 Å². The topological polar surface area (TPSA) is 115 Å². The number of aromatic nitrogens is 5. The molecule has 4 aromatic rings. The minimum atomic E-state index is -4.98. The highest BCUT2D eigenvalue weighted by atomic mass is 35.5. The SMILES string of the molecule is Cn1c(-c2cnc(OCc3ccc(Cl)cc3Cl)c(Cl)c2)nc2c1c(=O)[nH]c(=O)n2CC(O)C(F)(F)F. The fourth-order valence-electron chi connectivity index (χ4n) is 3.39. The van der Waals surface area contributed by atoms with Crippen molar-refractivity contribution in [1.29, 1.82) is 0 Å². The van der Waals surface area contributed by atoms with E-state index in [0.29, 0.717) is 20.2 Å². The predicted octanol–water partition coefficient (Wildman–Crippen LogP) is 3.95. The summed E-state index contributed by atoms with van der Waals surface area (Å²) in [5.74, 6) is 0.145. The minimum Gasteiger partial charge on any atom is -0.472 e. The molecule has 0 radical (unpaired) electrons. The molecule has 0 bridgehead atoms. The molecule has 3 heterocycles. The first kappa shape index (κ1) is 26.0. The molecular formula is C21H15Cl3F3N5O4. The van der Waals surface area contributed by atoms with Crippen molar-refractivity contribution < 1.29 is 23.0 Å². The summed E-state index contributed by atoms with van der Waals surface area (Å²) >= 11 is 18.3. The summed E-state index contributed by atoms with van der Waals surface area (Å²) in [7, 11) is 1.43. The highest BCUT2D eigenvalue weighted by Crippen LogP contribution is 2.30. The van der Waals surface area contributed by atoms with Crippen LogP contribution in [0.3, 0.4) is 0 Å². The summed E-state index contributed by atoms with van der Waals surface area (Å²) in [6.45, 7) is -1.12. The Kier molecular flexibility index (Phi) is 7.06. The third-order valence-corrected chi connectivity index (χ3v) is 6.05. The van der Waals surface area contributed by atoms with Gasteiger partial charge in [-0.15, -0.1) is 0 Å². The molecule has 9 nitrogen and oxygen atoms in total. The van der Waals surface area contributed by atoms with Crippen LogP contribution >= 0.6 is 34.8 Å². The average Bonchev–Trinajstić information content (AvgIpc) is 3.13. The van der Waals surface area contributed by atoms with Crippen LogP contribution in [0.2, 0.25) is 15.1 Å². The van der Waals surface area contributed by atoms with Crippen LogP contribution in [0.25, 0.3) is 22.6 Å². The van der Waals surface area contributed by atoms with Gasteiger partial charge in [0.05, 0.1) is 6.54 Å². The smallest absolute Gasteiger partial charge is 0.416 e. The number of nitrogens with zero attached hydrogens (tertiary/aromatic N) is 4. The first-order valence-corrected chi connectivity index (χ1v) is 11.2. The van der Waals surface area contributed by atoms with Crippen molar-refractivity contribution in [3.8, 4) is 17.3 Å². The molecule has 0 saturated carbocycles. The zero-order valence-corrected chi connectivity index (χ0v) is 20.4. The van der Waals surface area contributed by atoms with Crippen molar-refractivity contribution in [2.75, 3.05) is 0 Å². The number of imidazole rings is 1. The van der Waals surface area contributed by atoms with Crippen LogP contribution in [0.5, 0.6) is 5.88 Å². The van der Waals surface area contributed by atoms with Crippen molar-refractivity contribution in [2.24, 2.45) is 7.05 Å².